The number of thiophene rings is 1. The zero-order chi connectivity index (χ0) is 15.5. The van der Waals surface area contributed by atoms with Gasteiger partial charge in [0.2, 0.25) is 0 Å². The summed E-state index contributed by atoms with van der Waals surface area (Å²) in [5.41, 5.74) is 1.35. The summed E-state index contributed by atoms with van der Waals surface area (Å²) >= 11 is 13.3. The van der Waals surface area contributed by atoms with Crippen molar-refractivity contribution in [2.45, 2.75) is 0 Å². The standard InChI is InChI=1S/C14H10Cl2N4OS/c15-8-4-9(16)6-10(5-8)17-14(21)18-13-7-11(19-20-13)12-2-1-3-22-12/h1-7H,(H3,17,18,19,20,21). The van der Waals surface area contributed by atoms with E-state index in [2.05, 4.69) is 20.8 Å². The molecule has 0 aliphatic heterocycles. The average molecular weight is 353 g/mol. The Bertz CT molecular complexity index is 781. The zero-order valence-electron chi connectivity index (χ0n) is 11.1. The van der Waals surface area contributed by atoms with Gasteiger partial charge in [-0.2, -0.15) is 5.10 Å². The third-order valence-electron chi connectivity index (χ3n) is 2.73. The minimum atomic E-state index is -0.428. The molecule has 8 heteroatoms. The van der Waals surface area contributed by atoms with E-state index in [1.807, 2.05) is 17.5 Å². The maximum atomic E-state index is 11.9. The van der Waals surface area contributed by atoms with Gasteiger partial charge in [-0.15, -0.1) is 11.3 Å². The van der Waals surface area contributed by atoms with E-state index in [-0.39, 0.29) is 0 Å². The van der Waals surface area contributed by atoms with E-state index in [0.29, 0.717) is 21.6 Å². The number of hydrogen-bond acceptors (Lipinski definition) is 3. The first kappa shape index (κ1) is 14.9. The number of rotatable bonds is 3. The van der Waals surface area contributed by atoms with E-state index in [1.165, 1.54) is 0 Å². The maximum Gasteiger partial charge on any atom is 0.324 e. The molecule has 3 aromatic rings. The Balaban J connectivity index is 1.67. The lowest BCUT2D eigenvalue weighted by molar-refractivity contribution is 0.262. The molecule has 1 aromatic carbocycles. The maximum absolute atomic E-state index is 11.9. The van der Waals surface area contributed by atoms with Gasteiger partial charge in [0, 0.05) is 21.8 Å². The molecule has 3 rings (SSSR count). The number of carbonyl (C=O) groups is 1. The SMILES string of the molecule is O=C(Nc1cc(Cl)cc(Cl)c1)Nc1cc(-c2cccs2)[nH]n1. The number of hydrogen-bond donors (Lipinski definition) is 3. The molecule has 2 aromatic heterocycles. The van der Waals surface area contributed by atoms with Crippen LogP contribution in [-0.4, -0.2) is 16.2 Å². The molecule has 22 heavy (non-hydrogen) atoms. The largest absolute Gasteiger partial charge is 0.324 e. The molecule has 0 saturated heterocycles. The molecule has 0 aliphatic carbocycles. The zero-order valence-corrected chi connectivity index (χ0v) is 13.4. The molecule has 5 nitrogen and oxygen atoms in total. The summed E-state index contributed by atoms with van der Waals surface area (Å²) in [5.74, 6) is 0.425. The fourth-order valence-corrected chi connectivity index (χ4v) is 3.07. The number of amides is 2. The molecular formula is C14H10Cl2N4OS. The Morgan fingerprint density at radius 3 is 2.59 bits per heavy atom. The summed E-state index contributed by atoms with van der Waals surface area (Å²) in [4.78, 5) is 13.0. The van der Waals surface area contributed by atoms with Crippen molar-refractivity contribution in [1.82, 2.24) is 10.2 Å². The third kappa shape index (κ3) is 3.59. The summed E-state index contributed by atoms with van der Waals surface area (Å²) < 4.78 is 0. The lowest BCUT2D eigenvalue weighted by Gasteiger charge is -2.06. The highest BCUT2D eigenvalue weighted by atomic mass is 35.5. The van der Waals surface area contributed by atoms with E-state index in [9.17, 15) is 4.79 Å². The van der Waals surface area contributed by atoms with Crippen molar-refractivity contribution in [3.05, 3.63) is 51.8 Å². The van der Waals surface area contributed by atoms with Crippen molar-refractivity contribution < 1.29 is 4.79 Å². The minimum Gasteiger partial charge on any atom is -0.308 e. The van der Waals surface area contributed by atoms with Crippen LogP contribution in [0, 0.1) is 0 Å². The second-order valence-electron chi connectivity index (χ2n) is 4.38. The normalized spacial score (nSPS) is 10.5. The van der Waals surface area contributed by atoms with Crippen molar-refractivity contribution in [2.75, 3.05) is 10.6 Å². The quantitative estimate of drug-likeness (QED) is 0.614. The van der Waals surface area contributed by atoms with Gasteiger partial charge >= 0.3 is 6.03 Å². The number of H-pyrrole nitrogens is 1. The molecule has 0 atom stereocenters. The van der Waals surface area contributed by atoms with Gasteiger partial charge in [0.05, 0.1) is 10.6 Å². The second kappa shape index (κ2) is 6.39. The Morgan fingerprint density at radius 1 is 1.14 bits per heavy atom. The molecule has 0 spiro atoms. The number of aromatic nitrogens is 2. The number of halogens is 2. The molecular weight excluding hydrogens is 343 g/mol. The third-order valence-corrected chi connectivity index (χ3v) is 4.07. The lowest BCUT2D eigenvalue weighted by Crippen LogP contribution is -2.19. The molecule has 0 fully saturated rings. The molecule has 3 N–H and O–H groups in total. The van der Waals surface area contributed by atoms with Gasteiger partial charge in [-0.1, -0.05) is 29.3 Å². The number of nitrogens with one attached hydrogen (secondary N) is 3. The van der Waals surface area contributed by atoms with Crippen LogP contribution in [0.2, 0.25) is 10.0 Å². The topological polar surface area (TPSA) is 69.8 Å². The van der Waals surface area contributed by atoms with E-state index < -0.39 is 6.03 Å². The number of anilines is 2. The number of aromatic amines is 1. The lowest BCUT2D eigenvalue weighted by atomic mass is 10.3. The Labute approximate surface area is 140 Å². The van der Waals surface area contributed by atoms with Crippen LogP contribution < -0.4 is 10.6 Å². The van der Waals surface area contributed by atoms with Gasteiger partial charge < -0.3 is 5.32 Å². The predicted octanol–water partition coefficient (Wildman–Crippen LogP) is 5.09. The number of urea groups is 1. The predicted molar refractivity (Wildman–Crippen MR) is 91.0 cm³/mol. The van der Waals surface area contributed by atoms with Crippen LogP contribution in [0.4, 0.5) is 16.3 Å². The average Bonchev–Trinajstić information content (AvgIpc) is 3.07. The first-order valence-corrected chi connectivity index (χ1v) is 7.87. The van der Waals surface area contributed by atoms with Crippen molar-refractivity contribution >= 4 is 52.1 Å². The molecule has 2 amide bonds. The van der Waals surface area contributed by atoms with Crippen LogP contribution in [0.15, 0.2) is 41.8 Å². The number of benzene rings is 1. The first-order valence-electron chi connectivity index (χ1n) is 6.23. The van der Waals surface area contributed by atoms with Crippen molar-refractivity contribution in [3.63, 3.8) is 0 Å². The van der Waals surface area contributed by atoms with Gasteiger partial charge in [-0.05, 0) is 29.6 Å². The number of carbonyl (C=O) groups excluding carboxylic acids is 1. The molecule has 0 aliphatic rings. The minimum absolute atomic E-state index is 0.425. The van der Waals surface area contributed by atoms with Crippen LogP contribution in [0.25, 0.3) is 10.6 Å². The van der Waals surface area contributed by atoms with Crippen LogP contribution in [0.3, 0.4) is 0 Å². The van der Waals surface area contributed by atoms with E-state index in [1.54, 1.807) is 35.6 Å². The fourth-order valence-electron chi connectivity index (χ4n) is 1.85. The molecule has 0 unspecified atom stereocenters. The van der Waals surface area contributed by atoms with Gasteiger partial charge in [0.25, 0.3) is 0 Å². The van der Waals surface area contributed by atoms with E-state index >= 15 is 0 Å². The van der Waals surface area contributed by atoms with E-state index in [4.69, 9.17) is 23.2 Å². The van der Waals surface area contributed by atoms with Crippen molar-refractivity contribution in [1.29, 1.82) is 0 Å². The van der Waals surface area contributed by atoms with Gasteiger partial charge in [0.15, 0.2) is 5.82 Å². The molecule has 0 bridgehead atoms. The fraction of sp³-hybridized carbons (Fsp3) is 0. The molecule has 112 valence electrons. The van der Waals surface area contributed by atoms with Crippen LogP contribution in [0.1, 0.15) is 0 Å². The summed E-state index contributed by atoms with van der Waals surface area (Å²) in [7, 11) is 0. The van der Waals surface area contributed by atoms with Crippen molar-refractivity contribution in [3.8, 4) is 10.6 Å². The van der Waals surface area contributed by atoms with E-state index in [0.717, 1.165) is 10.6 Å². The Kier molecular flexibility index (Phi) is 4.33. The molecule has 2 heterocycles. The molecule has 0 radical (unpaired) electrons. The van der Waals surface area contributed by atoms with Crippen LogP contribution >= 0.6 is 34.5 Å². The van der Waals surface area contributed by atoms with Crippen LogP contribution in [-0.2, 0) is 0 Å². The van der Waals surface area contributed by atoms with Gasteiger partial charge in [0.1, 0.15) is 0 Å². The van der Waals surface area contributed by atoms with Gasteiger partial charge in [-0.3, -0.25) is 10.4 Å². The van der Waals surface area contributed by atoms with Gasteiger partial charge in [-0.25, -0.2) is 4.79 Å². The monoisotopic (exact) mass is 352 g/mol. The summed E-state index contributed by atoms with van der Waals surface area (Å²) in [6, 6.07) is 10.1. The summed E-state index contributed by atoms with van der Waals surface area (Å²) in [6.07, 6.45) is 0. The highest BCUT2D eigenvalue weighted by Crippen LogP contribution is 2.25. The highest BCUT2D eigenvalue weighted by molar-refractivity contribution is 7.13. The second-order valence-corrected chi connectivity index (χ2v) is 6.20. The summed E-state index contributed by atoms with van der Waals surface area (Å²) in [5, 5.41) is 15.1. The first-order chi connectivity index (χ1) is 10.6. The van der Waals surface area contributed by atoms with Crippen LogP contribution in [0.5, 0.6) is 0 Å². The summed E-state index contributed by atoms with van der Waals surface area (Å²) in [6.45, 7) is 0. The Morgan fingerprint density at radius 2 is 1.91 bits per heavy atom. The highest BCUT2D eigenvalue weighted by Gasteiger charge is 2.08. The smallest absolute Gasteiger partial charge is 0.308 e. The molecule has 0 saturated carbocycles. The van der Waals surface area contributed by atoms with Crippen molar-refractivity contribution in [2.24, 2.45) is 0 Å². The Hall–Kier alpha value is -2.02. The number of nitrogens with zero attached hydrogens (tertiary/aromatic N) is 1.